The minimum absolute atomic E-state index is 0.106. The van der Waals surface area contributed by atoms with Gasteiger partial charge in [0.1, 0.15) is 18.3 Å². The second-order valence-corrected chi connectivity index (χ2v) is 10.2. The van der Waals surface area contributed by atoms with Gasteiger partial charge in [-0.2, -0.15) is 18.2 Å². The van der Waals surface area contributed by atoms with Gasteiger partial charge in [-0.25, -0.2) is 4.57 Å². The Balaban J connectivity index is 1.28. The maximum absolute atomic E-state index is 13.1. The minimum Gasteiger partial charge on any atom is -0.387 e. The maximum Gasteiger partial charge on any atom is 0.475 e. The number of hydrogen-bond donors (Lipinski definition) is 4. The van der Waals surface area contributed by atoms with Crippen LogP contribution in [0.3, 0.4) is 0 Å². The zero-order valence-corrected chi connectivity index (χ0v) is 19.8. The summed E-state index contributed by atoms with van der Waals surface area (Å²) in [6.45, 7) is -0.662. The van der Waals surface area contributed by atoms with Gasteiger partial charge in [-0.15, -0.1) is 0 Å². The van der Waals surface area contributed by atoms with E-state index in [0.717, 1.165) is 12.1 Å². The van der Waals surface area contributed by atoms with Gasteiger partial charge in [0, 0.05) is 12.6 Å². The van der Waals surface area contributed by atoms with Gasteiger partial charge in [0.25, 0.3) is 5.56 Å². The third kappa shape index (κ3) is 5.03. The average Bonchev–Trinajstić information content (AvgIpc) is 3.38. The zero-order chi connectivity index (χ0) is 26.5. The van der Waals surface area contributed by atoms with Crippen LogP contribution in [0.4, 0.5) is 19.1 Å². The van der Waals surface area contributed by atoms with E-state index in [1.165, 1.54) is 29.0 Å². The van der Waals surface area contributed by atoms with Crippen LogP contribution in [0.2, 0.25) is 0 Å². The molecule has 2 aliphatic rings. The third-order valence-electron chi connectivity index (χ3n) is 6.08. The van der Waals surface area contributed by atoms with Crippen molar-refractivity contribution >= 4 is 24.8 Å². The van der Waals surface area contributed by atoms with Gasteiger partial charge < -0.3 is 25.3 Å². The van der Waals surface area contributed by atoms with E-state index < -0.39 is 62.4 Å². The Kier molecular flexibility index (Phi) is 6.64. The molecule has 1 unspecified atom stereocenters. The number of aliphatic hydroxyl groups is 2. The first-order valence-corrected chi connectivity index (χ1v) is 12.5. The number of phosphoric ester groups is 1. The second-order valence-electron chi connectivity index (χ2n) is 8.54. The Morgan fingerprint density at radius 1 is 1.27 bits per heavy atom. The Bertz CT molecular complexity index is 1410. The summed E-state index contributed by atoms with van der Waals surface area (Å²) in [5, 5.41) is 21.2. The fourth-order valence-electron chi connectivity index (χ4n) is 4.25. The molecule has 5 N–H and O–H groups in total. The van der Waals surface area contributed by atoms with Crippen LogP contribution < -0.4 is 11.3 Å². The highest BCUT2D eigenvalue weighted by molar-refractivity contribution is 7.48. The first-order valence-electron chi connectivity index (χ1n) is 11.1. The van der Waals surface area contributed by atoms with Crippen LogP contribution in [-0.4, -0.2) is 56.3 Å². The van der Waals surface area contributed by atoms with Crippen molar-refractivity contribution in [2.75, 3.05) is 18.9 Å². The molecular weight excluding hydrogens is 524 g/mol. The summed E-state index contributed by atoms with van der Waals surface area (Å²) in [5.41, 5.74) is 4.47. The SMILES string of the molecule is Nc1nc2c(ccn2[C@@H]2O[C@H](COP3(=O)OCC[C@H](c4cccc(C(F)(F)F)c4)O3)[C@@H](O)[C@H]2O)c(=O)[nH]1. The molecule has 2 fully saturated rings. The fourth-order valence-corrected chi connectivity index (χ4v) is 5.64. The summed E-state index contributed by atoms with van der Waals surface area (Å²) in [5.74, 6) is -0.162. The van der Waals surface area contributed by atoms with Crippen molar-refractivity contribution in [1.82, 2.24) is 14.5 Å². The number of halogens is 3. The molecule has 1 aromatic carbocycles. The van der Waals surface area contributed by atoms with Crippen molar-refractivity contribution in [3.63, 3.8) is 0 Å². The summed E-state index contributed by atoms with van der Waals surface area (Å²) in [6, 6.07) is 5.87. The summed E-state index contributed by atoms with van der Waals surface area (Å²) in [6.07, 6.45) is -9.38. The fraction of sp³-hybridized carbons (Fsp3) is 0.429. The monoisotopic (exact) mass is 546 g/mol. The van der Waals surface area contributed by atoms with E-state index in [-0.39, 0.29) is 35.6 Å². The third-order valence-corrected chi connectivity index (χ3v) is 7.56. The van der Waals surface area contributed by atoms with Gasteiger partial charge in [-0.3, -0.25) is 23.3 Å². The largest absolute Gasteiger partial charge is 0.475 e. The number of nitrogens with zero attached hydrogens (tertiary/aromatic N) is 2. The zero-order valence-electron chi connectivity index (χ0n) is 18.9. The number of nitrogen functional groups attached to an aromatic ring is 1. The second kappa shape index (κ2) is 9.51. The molecule has 4 heterocycles. The number of nitrogens with two attached hydrogens (primary N) is 1. The van der Waals surface area contributed by atoms with Crippen molar-refractivity contribution in [3.05, 3.63) is 58.0 Å². The number of hydrogen-bond acceptors (Lipinski definition) is 10. The molecule has 3 aromatic rings. The van der Waals surface area contributed by atoms with Crippen LogP contribution in [0.15, 0.2) is 41.3 Å². The number of aliphatic hydroxyl groups excluding tert-OH is 2. The van der Waals surface area contributed by atoms with Crippen LogP contribution in [0.25, 0.3) is 11.0 Å². The van der Waals surface area contributed by atoms with Gasteiger partial charge in [0.2, 0.25) is 5.95 Å². The topological polar surface area (TPSA) is 171 Å². The molecule has 0 amide bonds. The highest BCUT2D eigenvalue weighted by atomic mass is 31.2. The lowest BCUT2D eigenvalue weighted by atomic mass is 10.0. The van der Waals surface area contributed by atoms with E-state index in [1.54, 1.807) is 0 Å². The molecule has 16 heteroatoms. The molecule has 37 heavy (non-hydrogen) atoms. The minimum atomic E-state index is -4.56. The van der Waals surface area contributed by atoms with Crippen molar-refractivity contribution in [2.24, 2.45) is 0 Å². The molecule has 0 saturated carbocycles. The number of H-pyrrole nitrogens is 1. The van der Waals surface area contributed by atoms with Gasteiger partial charge in [0.15, 0.2) is 11.9 Å². The predicted molar refractivity (Wildman–Crippen MR) is 120 cm³/mol. The van der Waals surface area contributed by atoms with Crippen LogP contribution >= 0.6 is 7.82 Å². The van der Waals surface area contributed by atoms with E-state index in [0.29, 0.717) is 0 Å². The highest BCUT2D eigenvalue weighted by Crippen LogP contribution is 2.57. The van der Waals surface area contributed by atoms with Gasteiger partial charge in [0.05, 0.1) is 30.3 Å². The molecule has 2 aliphatic heterocycles. The number of benzene rings is 1. The molecule has 5 rings (SSSR count). The Hall–Kier alpha value is -2.78. The van der Waals surface area contributed by atoms with Gasteiger partial charge >= 0.3 is 14.0 Å². The van der Waals surface area contributed by atoms with Crippen molar-refractivity contribution in [2.45, 2.75) is 43.2 Å². The number of aromatic nitrogens is 3. The van der Waals surface area contributed by atoms with Gasteiger partial charge in [-0.1, -0.05) is 12.1 Å². The lowest BCUT2D eigenvalue weighted by Crippen LogP contribution is -2.34. The van der Waals surface area contributed by atoms with Crippen LogP contribution in [0.1, 0.15) is 29.9 Å². The number of nitrogens with one attached hydrogen (secondary N) is 1. The number of alkyl halides is 3. The van der Waals surface area contributed by atoms with Crippen molar-refractivity contribution in [1.29, 1.82) is 0 Å². The molecule has 2 aromatic heterocycles. The number of anilines is 1. The molecule has 0 radical (unpaired) electrons. The van der Waals surface area contributed by atoms with E-state index in [4.69, 9.17) is 24.0 Å². The average molecular weight is 546 g/mol. The first kappa shape index (κ1) is 25.9. The van der Waals surface area contributed by atoms with Crippen LogP contribution in [0, 0.1) is 0 Å². The summed E-state index contributed by atoms with van der Waals surface area (Å²) < 4.78 is 75.2. The molecule has 2 saturated heterocycles. The lowest BCUT2D eigenvalue weighted by molar-refractivity contribution is -0.137. The molecule has 12 nitrogen and oxygen atoms in total. The maximum atomic E-state index is 13.1. The molecule has 0 bridgehead atoms. The normalized spacial score (nSPS) is 30.7. The van der Waals surface area contributed by atoms with E-state index in [9.17, 15) is 32.7 Å². The highest BCUT2D eigenvalue weighted by Gasteiger charge is 2.46. The quantitative estimate of drug-likeness (QED) is 0.348. The van der Waals surface area contributed by atoms with Crippen LogP contribution in [-0.2, 0) is 29.0 Å². The summed E-state index contributed by atoms with van der Waals surface area (Å²) >= 11 is 0. The Morgan fingerprint density at radius 2 is 2.05 bits per heavy atom. The molecule has 0 spiro atoms. The number of fused-ring (bicyclic) bond motifs is 1. The van der Waals surface area contributed by atoms with E-state index in [1.807, 2.05) is 0 Å². The first-order chi connectivity index (χ1) is 17.4. The summed E-state index contributed by atoms with van der Waals surface area (Å²) in [7, 11) is -4.26. The van der Waals surface area contributed by atoms with Gasteiger partial charge in [-0.05, 0) is 23.8 Å². The van der Waals surface area contributed by atoms with E-state index in [2.05, 4.69) is 9.97 Å². The molecular formula is C21H22F3N4O8P. The van der Waals surface area contributed by atoms with Crippen LogP contribution in [0.5, 0.6) is 0 Å². The van der Waals surface area contributed by atoms with Crippen molar-refractivity contribution < 1.29 is 46.3 Å². The molecule has 0 aliphatic carbocycles. The van der Waals surface area contributed by atoms with E-state index >= 15 is 0 Å². The number of ether oxygens (including phenoxy) is 1. The predicted octanol–water partition coefficient (Wildman–Crippen LogP) is 2.25. The number of rotatable bonds is 5. The molecule has 6 atom stereocenters. The Morgan fingerprint density at radius 3 is 2.81 bits per heavy atom. The lowest BCUT2D eigenvalue weighted by Gasteiger charge is -2.30. The number of aromatic amines is 1. The molecule has 200 valence electrons. The number of phosphoric acid groups is 1. The Labute approximate surface area is 206 Å². The standard InChI is InChI=1S/C21H22F3N4O8P/c22-21(23,24)11-3-1-2-10(8-11)13-5-7-33-37(32,36-13)34-9-14-15(29)16(30)19(35-14)28-6-4-12-17(28)26-20(25)27-18(12)31/h1-4,6,8,13-16,19,29-30H,5,7,9H2,(H3,25,26,27,31)/t13-,14-,15-,16-,19-,37?/m1/s1. The van der Waals surface area contributed by atoms with Crippen molar-refractivity contribution in [3.8, 4) is 0 Å². The summed E-state index contributed by atoms with van der Waals surface area (Å²) in [4.78, 5) is 18.5. The smallest absolute Gasteiger partial charge is 0.387 e.